The van der Waals surface area contributed by atoms with E-state index < -0.39 is 33.2 Å². The number of aliphatic hydroxyl groups excluding tert-OH is 1. The van der Waals surface area contributed by atoms with Gasteiger partial charge >= 0.3 is 0 Å². The molecule has 0 unspecified atom stereocenters. The zero-order valence-corrected chi connectivity index (χ0v) is 11.6. The van der Waals surface area contributed by atoms with E-state index in [-0.39, 0.29) is 17.4 Å². The highest BCUT2D eigenvalue weighted by Gasteiger charge is 2.19. The van der Waals surface area contributed by atoms with Gasteiger partial charge in [0.2, 0.25) is 9.84 Å². The van der Waals surface area contributed by atoms with Crippen molar-refractivity contribution >= 4 is 21.4 Å². The lowest BCUT2D eigenvalue weighted by atomic mass is 10.3. The SMILES string of the molecule is O=S(=O)(CCO)c1ncn(Cc2nc(Cl)ccc2F)n1. The number of aromatic nitrogens is 4. The van der Waals surface area contributed by atoms with Crippen LogP contribution in [0.25, 0.3) is 0 Å². The second-order valence-electron chi connectivity index (χ2n) is 3.83. The summed E-state index contributed by atoms with van der Waals surface area (Å²) in [4.78, 5) is 7.41. The van der Waals surface area contributed by atoms with Crippen LogP contribution in [-0.2, 0) is 16.4 Å². The Labute approximate surface area is 119 Å². The quantitative estimate of drug-likeness (QED) is 0.795. The molecular weight excluding hydrogens is 311 g/mol. The first kappa shape index (κ1) is 14.8. The Morgan fingerprint density at radius 3 is 2.85 bits per heavy atom. The molecule has 0 atom stereocenters. The summed E-state index contributed by atoms with van der Waals surface area (Å²) in [5, 5.41) is 12.1. The predicted molar refractivity (Wildman–Crippen MR) is 67.5 cm³/mol. The van der Waals surface area contributed by atoms with Gasteiger partial charge in [0.25, 0.3) is 5.16 Å². The van der Waals surface area contributed by atoms with Crippen molar-refractivity contribution in [1.82, 2.24) is 19.7 Å². The van der Waals surface area contributed by atoms with Crippen molar-refractivity contribution < 1.29 is 17.9 Å². The molecule has 0 aliphatic heterocycles. The van der Waals surface area contributed by atoms with Gasteiger partial charge in [-0.25, -0.2) is 27.5 Å². The van der Waals surface area contributed by atoms with Gasteiger partial charge in [-0.3, -0.25) is 0 Å². The lowest BCUT2D eigenvalue weighted by Gasteiger charge is -2.02. The van der Waals surface area contributed by atoms with Gasteiger partial charge in [0, 0.05) is 0 Å². The van der Waals surface area contributed by atoms with Crippen LogP contribution in [0.5, 0.6) is 0 Å². The highest BCUT2D eigenvalue weighted by Crippen LogP contribution is 2.12. The molecule has 0 amide bonds. The van der Waals surface area contributed by atoms with E-state index in [1.165, 1.54) is 6.07 Å². The molecule has 0 saturated carbocycles. The molecule has 20 heavy (non-hydrogen) atoms. The van der Waals surface area contributed by atoms with Crippen molar-refractivity contribution in [2.45, 2.75) is 11.7 Å². The second kappa shape index (κ2) is 5.81. The summed E-state index contributed by atoms with van der Waals surface area (Å²) >= 11 is 5.66. The Kier molecular flexibility index (Phi) is 4.31. The van der Waals surface area contributed by atoms with Crippen LogP contribution < -0.4 is 0 Å². The van der Waals surface area contributed by atoms with Crippen molar-refractivity contribution in [3.63, 3.8) is 0 Å². The Morgan fingerprint density at radius 1 is 1.40 bits per heavy atom. The summed E-state index contributed by atoms with van der Waals surface area (Å²) in [6, 6.07) is 2.46. The third kappa shape index (κ3) is 3.30. The lowest BCUT2D eigenvalue weighted by molar-refractivity contribution is 0.319. The van der Waals surface area contributed by atoms with Gasteiger partial charge in [-0.2, -0.15) is 0 Å². The average molecular weight is 321 g/mol. The largest absolute Gasteiger partial charge is 0.395 e. The van der Waals surface area contributed by atoms with Crippen molar-refractivity contribution in [1.29, 1.82) is 0 Å². The van der Waals surface area contributed by atoms with Crippen LogP contribution in [0.3, 0.4) is 0 Å². The molecule has 0 aliphatic carbocycles. The van der Waals surface area contributed by atoms with Crippen LogP contribution in [0.15, 0.2) is 23.6 Å². The number of aliphatic hydroxyl groups is 1. The number of hydrogen-bond donors (Lipinski definition) is 1. The van der Waals surface area contributed by atoms with Gasteiger partial charge in [-0.1, -0.05) is 11.6 Å². The summed E-state index contributed by atoms with van der Waals surface area (Å²) in [7, 11) is -3.73. The molecule has 0 saturated heterocycles. The minimum Gasteiger partial charge on any atom is -0.395 e. The normalized spacial score (nSPS) is 11.8. The molecule has 2 rings (SSSR count). The maximum absolute atomic E-state index is 13.5. The molecular formula is C10H10ClFN4O3S. The Hall–Kier alpha value is -1.58. The average Bonchev–Trinajstić information content (AvgIpc) is 2.83. The van der Waals surface area contributed by atoms with Crippen molar-refractivity contribution in [3.8, 4) is 0 Å². The van der Waals surface area contributed by atoms with Gasteiger partial charge < -0.3 is 5.11 Å². The number of pyridine rings is 1. The van der Waals surface area contributed by atoms with E-state index in [1.54, 1.807) is 0 Å². The highest BCUT2D eigenvalue weighted by atomic mass is 35.5. The van der Waals surface area contributed by atoms with Crippen LogP contribution in [0.4, 0.5) is 4.39 Å². The number of rotatable bonds is 5. The zero-order valence-electron chi connectivity index (χ0n) is 10.1. The molecule has 10 heteroatoms. The molecule has 108 valence electrons. The lowest BCUT2D eigenvalue weighted by Crippen LogP contribution is -2.13. The van der Waals surface area contributed by atoms with E-state index in [4.69, 9.17) is 16.7 Å². The third-order valence-corrected chi connectivity index (χ3v) is 4.02. The molecule has 2 aromatic heterocycles. The fraction of sp³-hybridized carbons (Fsp3) is 0.300. The Balaban J connectivity index is 2.24. The van der Waals surface area contributed by atoms with E-state index >= 15 is 0 Å². The summed E-state index contributed by atoms with van der Waals surface area (Å²) in [6.07, 6.45) is 1.15. The molecule has 0 aliphatic rings. The molecule has 2 aromatic rings. The minimum atomic E-state index is -3.73. The first-order valence-electron chi connectivity index (χ1n) is 5.46. The van der Waals surface area contributed by atoms with E-state index in [9.17, 15) is 12.8 Å². The number of nitrogens with zero attached hydrogens (tertiary/aromatic N) is 4. The maximum Gasteiger partial charge on any atom is 0.266 e. The van der Waals surface area contributed by atoms with Crippen LogP contribution in [0, 0.1) is 5.82 Å². The highest BCUT2D eigenvalue weighted by molar-refractivity contribution is 7.91. The smallest absolute Gasteiger partial charge is 0.266 e. The van der Waals surface area contributed by atoms with E-state index in [0.29, 0.717) is 0 Å². The third-order valence-electron chi connectivity index (χ3n) is 2.35. The Bertz CT molecular complexity index is 719. The summed E-state index contributed by atoms with van der Waals surface area (Å²) in [5.74, 6) is -1.05. The molecule has 0 bridgehead atoms. The topological polar surface area (TPSA) is 98.0 Å². The van der Waals surface area contributed by atoms with Crippen molar-refractivity contribution in [2.75, 3.05) is 12.4 Å². The molecule has 0 fully saturated rings. The minimum absolute atomic E-state index is 0.0218. The van der Waals surface area contributed by atoms with Crippen molar-refractivity contribution in [2.24, 2.45) is 0 Å². The summed E-state index contributed by atoms with van der Waals surface area (Å²) in [5.41, 5.74) is 0.0218. The number of halogens is 2. The first-order valence-corrected chi connectivity index (χ1v) is 7.49. The van der Waals surface area contributed by atoms with Crippen LogP contribution in [0.1, 0.15) is 5.69 Å². The molecule has 7 nitrogen and oxygen atoms in total. The van der Waals surface area contributed by atoms with Crippen LogP contribution >= 0.6 is 11.6 Å². The standard InChI is InChI=1S/C10H10ClFN4O3S/c11-9-2-1-7(12)8(14-9)5-16-6-13-10(15-16)20(18,19)4-3-17/h1-2,6,17H,3-5H2. The van der Waals surface area contributed by atoms with Gasteiger partial charge in [0.1, 0.15) is 17.3 Å². The Morgan fingerprint density at radius 2 is 2.15 bits per heavy atom. The second-order valence-corrected chi connectivity index (χ2v) is 6.22. The molecule has 0 spiro atoms. The van der Waals surface area contributed by atoms with Crippen LogP contribution in [0.2, 0.25) is 5.15 Å². The first-order chi connectivity index (χ1) is 9.42. The summed E-state index contributed by atoms with van der Waals surface area (Å²) < 4.78 is 37.8. The molecule has 0 radical (unpaired) electrons. The molecule has 0 aromatic carbocycles. The predicted octanol–water partition coefficient (Wildman–Crippen LogP) is 0.280. The van der Waals surface area contributed by atoms with E-state index in [1.807, 2.05) is 0 Å². The molecule has 2 heterocycles. The maximum atomic E-state index is 13.5. The molecule has 1 N–H and O–H groups in total. The monoisotopic (exact) mass is 320 g/mol. The van der Waals surface area contributed by atoms with Crippen LogP contribution in [-0.4, -0.2) is 45.6 Å². The van der Waals surface area contributed by atoms with Gasteiger partial charge in [-0.05, 0) is 12.1 Å². The number of hydrogen-bond acceptors (Lipinski definition) is 6. The van der Waals surface area contributed by atoms with Crippen molar-refractivity contribution in [3.05, 3.63) is 35.1 Å². The van der Waals surface area contributed by atoms with E-state index in [0.717, 1.165) is 17.1 Å². The zero-order chi connectivity index (χ0) is 14.8. The van der Waals surface area contributed by atoms with Gasteiger partial charge in [0.15, 0.2) is 0 Å². The fourth-order valence-electron chi connectivity index (χ4n) is 1.43. The fourth-order valence-corrected chi connectivity index (χ4v) is 2.45. The van der Waals surface area contributed by atoms with Gasteiger partial charge in [0.05, 0.1) is 24.6 Å². The van der Waals surface area contributed by atoms with Gasteiger partial charge in [-0.15, -0.1) is 5.10 Å². The van der Waals surface area contributed by atoms with E-state index in [2.05, 4.69) is 15.1 Å². The number of sulfone groups is 1. The summed E-state index contributed by atoms with van der Waals surface area (Å²) in [6.45, 7) is -0.630.